The van der Waals surface area contributed by atoms with Crippen LogP contribution in [-0.2, 0) is 11.3 Å². The van der Waals surface area contributed by atoms with Gasteiger partial charge < -0.3 is 14.8 Å². The van der Waals surface area contributed by atoms with Crippen molar-refractivity contribution in [2.45, 2.75) is 51.7 Å². The number of ether oxygens (including phenoxy) is 2. The normalized spacial score (nSPS) is 16.2. The second kappa shape index (κ2) is 8.98. The second-order valence-electron chi connectivity index (χ2n) is 5.39. The Morgan fingerprint density at radius 2 is 2.05 bits per heavy atom. The molecule has 0 aliphatic heterocycles. The van der Waals surface area contributed by atoms with Crippen molar-refractivity contribution in [2.24, 2.45) is 0 Å². The van der Waals surface area contributed by atoms with Crippen LogP contribution in [0.3, 0.4) is 0 Å². The zero-order chi connectivity index (χ0) is 14.0. The summed E-state index contributed by atoms with van der Waals surface area (Å²) < 4.78 is 11.4. The van der Waals surface area contributed by atoms with Gasteiger partial charge in [-0.2, -0.15) is 0 Å². The summed E-state index contributed by atoms with van der Waals surface area (Å²) in [6.07, 6.45) is 7.05. The quantitative estimate of drug-likeness (QED) is 0.737. The van der Waals surface area contributed by atoms with E-state index in [0.29, 0.717) is 12.7 Å². The van der Waals surface area contributed by atoms with Crippen LogP contribution in [0.25, 0.3) is 0 Å². The molecule has 3 nitrogen and oxygen atoms in total. The molecule has 2 rings (SSSR count). The summed E-state index contributed by atoms with van der Waals surface area (Å²) in [4.78, 5) is 0. The first kappa shape index (κ1) is 15.3. The minimum absolute atomic E-state index is 0.506. The molecule has 1 aromatic carbocycles. The standard InChI is InChI=1S/C17H27NO2/c1-2-19-17-10-6-7-15(13-17)14-18-11-12-20-16-8-4-3-5-9-16/h6-7,10,13,16,18H,2-5,8-9,11-12,14H2,1H3. The molecule has 0 unspecified atom stereocenters. The topological polar surface area (TPSA) is 30.5 Å². The third-order valence-corrected chi connectivity index (χ3v) is 3.72. The number of nitrogens with one attached hydrogen (secondary N) is 1. The first-order valence-corrected chi connectivity index (χ1v) is 7.92. The van der Waals surface area contributed by atoms with Crippen molar-refractivity contribution >= 4 is 0 Å². The van der Waals surface area contributed by atoms with Gasteiger partial charge >= 0.3 is 0 Å². The number of benzene rings is 1. The molecule has 0 bridgehead atoms. The van der Waals surface area contributed by atoms with E-state index in [1.54, 1.807) is 0 Å². The lowest BCUT2D eigenvalue weighted by molar-refractivity contribution is 0.0302. The molecule has 3 heteroatoms. The van der Waals surface area contributed by atoms with Crippen LogP contribution < -0.4 is 10.1 Å². The number of hydrogen-bond donors (Lipinski definition) is 1. The van der Waals surface area contributed by atoms with Gasteiger partial charge in [0, 0.05) is 13.1 Å². The van der Waals surface area contributed by atoms with Crippen LogP contribution in [-0.4, -0.2) is 25.9 Å². The van der Waals surface area contributed by atoms with Gasteiger partial charge in [0.15, 0.2) is 0 Å². The minimum Gasteiger partial charge on any atom is -0.494 e. The van der Waals surface area contributed by atoms with Crippen LogP contribution >= 0.6 is 0 Å². The van der Waals surface area contributed by atoms with E-state index in [1.807, 2.05) is 19.1 Å². The van der Waals surface area contributed by atoms with Crippen LogP contribution in [0.2, 0.25) is 0 Å². The molecule has 0 amide bonds. The Balaban J connectivity index is 1.59. The van der Waals surface area contributed by atoms with E-state index in [1.165, 1.54) is 37.7 Å². The smallest absolute Gasteiger partial charge is 0.119 e. The zero-order valence-electron chi connectivity index (χ0n) is 12.6. The Hall–Kier alpha value is -1.06. The summed E-state index contributed by atoms with van der Waals surface area (Å²) in [6.45, 7) is 5.32. The molecule has 1 aliphatic carbocycles. The van der Waals surface area contributed by atoms with Gasteiger partial charge in [-0.15, -0.1) is 0 Å². The van der Waals surface area contributed by atoms with Gasteiger partial charge in [0.1, 0.15) is 5.75 Å². The highest BCUT2D eigenvalue weighted by atomic mass is 16.5. The molecule has 0 atom stereocenters. The Morgan fingerprint density at radius 3 is 2.85 bits per heavy atom. The molecular formula is C17H27NO2. The Bertz CT molecular complexity index is 375. The molecule has 1 N–H and O–H groups in total. The molecule has 0 aromatic heterocycles. The monoisotopic (exact) mass is 277 g/mol. The van der Waals surface area contributed by atoms with E-state index in [-0.39, 0.29) is 0 Å². The van der Waals surface area contributed by atoms with E-state index >= 15 is 0 Å². The van der Waals surface area contributed by atoms with E-state index in [0.717, 1.165) is 25.4 Å². The molecule has 112 valence electrons. The van der Waals surface area contributed by atoms with Gasteiger partial charge in [0.25, 0.3) is 0 Å². The number of rotatable bonds is 8. The molecular weight excluding hydrogens is 250 g/mol. The molecule has 20 heavy (non-hydrogen) atoms. The fourth-order valence-corrected chi connectivity index (χ4v) is 2.67. The van der Waals surface area contributed by atoms with Crippen molar-refractivity contribution < 1.29 is 9.47 Å². The molecule has 0 spiro atoms. The fourth-order valence-electron chi connectivity index (χ4n) is 2.67. The van der Waals surface area contributed by atoms with Crippen molar-refractivity contribution in [3.05, 3.63) is 29.8 Å². The predicted molar refractivity (Wildman–Crippen MR) is 82.1 cm³/mol. The van der Waals surface area contributed by atoms with E-state index in [2.05, 4.69) is 17.4 Å². The Labute approximate surface area is 122 Å². The lowest BCUT2D eigenvalue weighted by Gasteiger charge is -2.22. The van der Waals surface area contributed by atoms with Gasteiger partial charge in [-0.3, -0.25) is 0 Å². The maximum Gasteiger partial charge on any atom is 0.119 e. The van der Waals surface area contributed by atoms with E-state index in [9.17, 15) is 0 Å². The van der Waals surface area contributed by atoms with Crippen molar-refractivity contribution in [3.63, 3.8) is 0 Å². The third-order valence-electron chi connectivity index (χ3n) is 3.72. The summed E-state index contributed by atoms with van der Waals surface area (Å²) in [5.41, 5.74) is 1.26. The maximum atomic E-state index is 5.90. The Kier molecular flexibility index (Phi) is 6.89. The molecule has 1 aromatic rings. The van der Waals surface area contributed by atoms with Gasteiger partial charge in [-0.25, -0.2) is 0 Å². The van der Waals surface area contributed by atoms with E-state index in [4.69, 9.17) is 9.47 Å². The highest BCUT2D eigenvalue weighted by Crippen LogP contribution is 2.19. The second-order valence-corrected chi connectivity index (χ2v) is 5.39. The van der Waals surface area contributed by atoms with Gasteiger partial charge in [-0.1, -0.05) is 31.4 Å². The van der Waals surface area contributed by atoms with Crippen LogP contribution in [0.5, 0.6) is 5.75 Å². The first-order chi connectivity index (χ1) is 9.88. The molecule has 1 aliphatic rings. The van der Waals surface area contributed by atoms with Crippen LogP contribution in [0.1, 0.15) is 44.6 Å². The van der Waals surface area contributed by atoms with Crippen molar-refractivity contribution in [2.75, 3.05) is 19.8 Å². The lowest BCUT2D eigenvalue weighted by Crippen LogP contribution is -2.24. The third kappa shape index (κ3) is 5.51. The molecule has 0 radical (unpaired) electrons. The maximum absolute atomic E-state index is 5.90. The van der Waals surface area contributed by atoms with Gasteiger partial charge in [-0.05, 0) is 37.5 Å². The predicted octanol–water partition coefficient (Wildman–Crippen LogP) is 3.52. The molecule has 0 saturated heterocycles. The highest BCUT2D eigenvalue weighted by molar-refractivity contribution is 5.28. The number of hydrogen-bond acceptors (Lipinski definition) is 3. The van der Waals surface area contributed by atoms with Crippen LogP contribution in [0.4, 0.5) is 0 Å². The minimum atomic E-state index is 0.506. The highest BCUT2D eigenvalue weighted by Gasteiger charge is 2.12. The van der Waals surface area contributed by atoms with E-state index < -0.39 is 0 Å². The fraction of sp³-hybridized carbons (Fsp3) is 0.647. The van der Waals surface area contributed by atoms with Crippen LogP contribution in [0, 0.1) is 0 Å². The first-order valence-electron chi connectivity index (χ1n) is 7.92. The average molecular weight is 277 g/mol. The summed E-state index contributed by atoms with van der Waals surface area (Å²) in [5, 5.41) is 3.43. The summed E-state index contributed by atoms with van der Waals surface area (Å²) in [5.74, 6) is 0.949. The lowest BCUT2D eigenvalue weighted by atomic mass is 9.98. The summed E-state index contributed by atoms with van der Waals surface area (Å²) in [6, 6.07) is 8.26. The van der Waals surface area contributed by atoms with Gasteiger partial charge in [0.05, 0.1) is 19.3 Å². The zero-order valence-corrected chi connectivity index (χ0v) is 12.6. The van der Waals surface area contributed by atoms with Crippen molar-refractivity contribution in [1.29, 1.82) is 0 Å². The van der Waals surface area contributed by atoms with Crippen molar-refractivity contribution in [3.8, 4) is 5.75 Å². The molecule has 0 heterocycles. The Morgan fingerprint density at radius 1 is 1.20 bits per heavy atom. The SMILES string of the molecule is CCOc1cccc(CNCCOC2CCCCC2)c1. The van der Waals surface area contributed by atoms with Crippen molar-refractivity contribution in [1.82, 2.24) is 5.32 Å². The van der Waals surface area contributed by atoms with Gasteiger partial charge in [0.2, 0.25) is 0 Å². The molecule has 1 fully saturated rings. The average Bonchev–Trinajstić information content (AvgIpc) is 2.49. The largest absolute Gasteiger partial charge is 0.494 e. The molecule has 1 saturated carbocycles. The van der Waals surface area contributed by atoms with Crippen LogP contribution in [0.15, 0.2) is 24.3 Å². The summed E-state index contributed by atoms with van der Waals surface area (Å²) >= 11 is 0. The summed E-state index contributed by atoms with van der Waals surface area (Å²) in [7, 11) is 0.